The molecule has 0 radical (unpaired) electrons. The first-order chi connectivity index (χ1) is 28.2. The first-order valence-corrected chi connectivity index (χ1v) is 25.0. The van der Waals surface area contributed by atoms with Crippen LogP contribution in [0.2, 0.25) is 0 Å². The van der Waals surface area contributed by atoms with Gasteiger partial charge in [0.2, 0.25) is 5.91 Å². The molecular formula is C53H97NO3. The molecule has 1 amide bonds. The molecule has 0 aliphatic carbocycles. The summed E-state index contributed by atoms with van der Waals surface area (Å²) in [7, 11) is 0. The van der Waals surface area contributed by atoms with Crippen LogP contribution in [0.15, 0.2) is 60.8 Å². The van der Waals surface area contributed by atoms with Crippen LogP contribution in [0.5, 0.6) is 0 Å². The molecule has 0 aromatic heterocycles. The number of allylic oxidation sites excluding steroid dienone is 9. The highest BCUT2D eigenvalue weighted by Crippen LogP contribution is 2.15. The van der Waals surface area contributed by atoms with Crippen molar-refractivity contribution in [3.63, 3.8) is 0 Å². The molecule has 0 spiro atoms. The minimum Gasteiger partial charge on any atom is -0.394 e. The van der Waals surface area contributed by atoms with Crippen molar-refractivity contribution < 1.29 is 15.0 Å². The van der Waals surface area contributed by atoms with E-state index in [9.17, 15) is 15.0 Å². The number of nitrogens with one attached hydrogen (secondary N) is 1. The Labute approximate surface area is 356 Å². The molecule has 0 aliphatic rings. The van der Waals surface area contributed by atoms with Gasteiger partial charge in [-0.3, -0.25) is 4.79 Å². The standard InChI is InChI=1S/C53H97NO3/c1-3-5-7-9-11-13-15-17-19-20-21-22-23-24-25-26-27-28-29-30-31-32-33-35-36-38-40-42-44-46-48-52(56)51(50-55)54-53(57)49-47-45-43-41-39-37-34-18-16-14-12-10-8-6-4-2/h12,14,18,32-34,38,40,46,48,51-52,55-56H,3-11,13,15-17,19-31,35-37,39,41-45,47,49-50H2,1-2H3,(H,54,57)/b14-12-,33-32+,34-18-,40-38+,48-46+. The Morgan fingerprint density at radius 3 is 1.16 bits per heavy atom. The van der Waals surface area contributed by atoms with Crippen molar-refractivity contribution in [1.82, 2.24) is 5.32 Å². The molecule has 0 aliphatic heterocycles. The van der Waals surface area contributed by atoms with Crippen LogP contribution >= 0.6 is 0 Å². The van der Waals surface area contributed by atoms with E-state index in [4.69, 9.17) is 0 Å². The topological polar surface area (TPSA) is 69.6 Å². The fraction of sp³-hybridized carbons (Fsp3) is 0.792. The Morgan fingerprint density at radius 2 is 0.737 bits per heavy atom. The van der Waals surface area contributed by atoms with Gasteiger partial charge in [-0.2, -0.15) is 0 Å². The number of carbonyl (C=O) groups is 1. The predicted molar refractivity (Wildman–Crippen MR) is 253 cm³/mol. The van der Waals surface area contributed by atoms with Crippen molar-refractivity contribution in [1.29, 1.82) is 0 Å². The summed E-state index contributed by atoms with van der Waals surface area (Å²) in [5.74, 6) is -0.0927. The molecule has 57 heavy (non-hydrogen) atoms. The van der Waals surface area contributed by atoms with E-state index in [0.29, 0.717) is 6.42 Å². The van der Waals surface area contributed by atoms with Crippen LogP contribution < -0.4 is 5.32 Å². The highest BCUT2D eigenvalue weighted by Gasteiger charge is 2.17. The highest BCUT2D eigenvalue weighted by atomic mass is 16.3. The number of unbranched alkanes of at least 4 members (excludes halogenated alkanes) is 30. The third-order valence-corrected chi connectivity index (χ3v) is 11.2. The summed E-state index contributed by atoms with van der Waals surface area (Å²) in [4.78, 5) is 12.4. The summed E-state index contributed by atoms with van der Waals surface area (Å²) in [5, 5.41) is 23.0. The minimum atomic E-state index is -0.878. The van der Waals surface area contributed by atoms with Crippen LogP contribution in [0.4, 0.5) is 0 Å². The molecule has 2 unspecified atom stereocenters. The summed E-state index contributed by atoms with van der Waals surface area (Å²) in [6.45, 7) is 4.27. The monoisotopic (exact) mass is 796 g/mol. The van der Waals surface area contributed by atoms with Crippen molar-refractivity contribution in [2.45, 2.75) is 264 Å². The molecule has 0 saturated heterocycles. The second-order valence-electron chi connectivity index (χ2n) is 16.9. The Morgan fingerprint density at radius 1 is 0.421 bits per heavy atom. The van der Waals surface area contributed by atoms with Gasteiger partial charge in [0.1, 0.15) is 0 Å². The smallest absolute Gasteiger partial charge is 0.220 e. The summed E-state index contributed by atoms with van der Waals surface area (Å²) in [5.41, 5.74) is 0. The molecule has 0 bridgehead atoms. The maximum atomic E-state index is 12.4. The zero-order chi connectivity index (χ0) is 41.4. The van der Waals surface area contributed by atoms with Crippen LogP contribution in [-0.4, -0.2) is 34.9 Å². The largest absolute Gasteiger partial charge is 0.394 e. The summed E-state index contributed by atoms with van der Waals surface area (Å²) >= 11 is 0. The highest BCUT2D eigenvalue weighted by molar-refractivity contribution is 5.76. The number of aliphatic hydroxyl groups is 2. The van der Waals surface area contributed by atoms with Gasteiger partial charge in [0, 0.05) is 6.42 Å². The fourth-order valence-corrected chi connectivity index (χ4v) is 7.36. The Hall–Kier alpha value is -1.91. The maximum Gasteiger partial charge on any atom is 0.220 e. The normalized spacial score (nSPS) is 13.4. The summed E-state index contributed by atoms with van der Waals surface area (Å²) in [6, 6.07) is -0.655. The van der Waals surface area contributed by atoms with Crippen LogP contribution in [0, 0.1) is 0 Å². The molecule has 0 saturated carbocycles. The summed E-state index contributed by atoms with van der Waals surface area (Å²) in [6.07, 6.45) is 67.9. The molecule has 2 atom stereocenters. The third kappa shape index (κ3) is 45.0. The Bertz CT molecular complexity index is 950. The lowest BCUT2D eigenvalue weighted by molar-refractivity contribution is -0.123. The van der Waals surface area contributed by atoms with Crippen molar-refractivity contribution in [3.8, 4) is 0 Å². The van der Waals surface area contributed by atoms with Gasteiger partial charge < -0.3 is 15.5 Å². The maximum absolute atomic E-state index is 12.4. The molecule has 0 heterocycles. The van der Waals surface area contributed by atoms with Gasteiger partial charge in [-0.05, 0) is 77.0 Å². The minimum absolute atomic E-state index is 0.0927. The zero-order valence-corrected chi connectivity index (χ0v) is 38.1. The van der Waals surface area contributed by atoms with Crippen LogP contribution in [0.1, 0.15) is 251 Å². The Kier molecular flexibility index (Phi) is 46.8. The van der Waals surface area contributed by atoms with Gasteiger partial charge in [-0.25, -0.2) is 0 Å². The average Bonchev–Trinajstić information content (AvgIpc) is 3.22. The summed E-state index contributed by atoms with van der Waals surface area (Å²) < 4.78 is 0. The number of amides is 1. The van der Waals surface area contributed by atoms with E-state index in [-0.39, 0.29) is 12.5 Å². The van der Waals surface area contributed by atoms with E-state index in [2.05, 4.69) is 67.8 Å². The van der Waals surface area contributed by atoms with Gasteiger partial charge >= 0.3 is 0 Å². The zero-order valence-electron chi connectivity index (χ0n) is 38.1. The number of hydrogen-bond donors (Lipinski definition) is 3. The number of hydrogen-bond acceptors (Lipinski definition) is 3. The number of carbonyl (C=O) groups excluding carboxylic acids is 1. The van der Waals surface area contributed by atoms with Crippen molar-refractivity contribution >= 4 is 5.91 Å². The molecule has 0 fully saturated rings. The predicted octanol–water partition coefficient (Wildman–Crippen LogP) is 16.1. The van der Waals surface area contributed by atoms with Crippen molar-refractivity contribution in [2.75, 3.05) is 6.61 Å². The van der Waals surface area contributed by atoms with E-state index in [1.165, 1.54) is 173 Å². The van der Waals surface area contributed by atoms with E-state index in [1.807, 2.05) is 6.08 Å². The lowest BCUT2D eigenvalue weighted by atomic mass is 10.0. The second-order valence-corrected chi connectivity index (χ2v) is 16.9. The van der Waals surface area contributed by atoms with Crippen molar-refractivity contribution in [2.24, 2.45) is 0 Å². The molecule has 0 aromatic carbocycles. The van der Waals surface area contributed by atoms with E-state index >= 15 is 0 Å². The lowest BCUT2D eigenvalue weighted by Crippen LogP contribution is -2.45. The molecule has 4 nitrogen and oxygen atoms in total. The van der Waals surface area contributed by atoms with E-state index in [0.717, 1.165) is 57.8 Å². The van der Waals surface area contributed by atoms with Crippen LogP contribution in [-0.2, 0) is 4.79 Å². The fourth-order valence-electron chi connectivity index (χ4n) is 7.36. The van der Waals surface area contributed by atoms with Crippen LogP contribution in [0.25, 0.3) is 0 Å². The quantitative estimate of drug-likeness (QED) is 0.0425. The SMILES string of the molecule is CCCCC/C=C\C/C=C\CCCCCCCC(=O)NC(CO)C(O)/C=C/CC/C=C/CC/C=C/CCCCCCCCCCCCCCCCCCCCCC. The van der Waals surface area contributed by atoms with Gasteiger partial charge in [0.15, 0.2) is 0 Å². The second kappa shape index (κ2) is 48.5. The van der Waals surface area contributed by atoms with E-state index < -0.39 is 12.1 Å². The molecule has 0 aromatic rings. The van der Waals surface area contributed by atoms with Gasteiger partial charge in [0.05, 0.1) is 18.8 Å². The van der Waals surface area contributed by atoms with Crippen LogP contribution in [0.3, 0.4) is 0 Å². The molecular weight excluding hydrogens is 699 g/mol. The van der Waals surface area contributed by atoms with Gasteiger partial charge in [-0.1, -0.05) is 229 Å². The van der Waals surface area contributed by atoms with Gasteiger partial charge in [-0.15, -0.1) is 0 Å². The Balaban J connectivity index is 3.58. The molecule has 3 N–H and O–H groups in total. The average molecular weight is 796 g/mol. The molecule has 332 valence electrons. The molecule has 0 rings (SSSR count). The molecule has 4 heteroatoms. The third-order valence-electron chi connectivity index (χ3n) is 11.2. The number of rotatable bonds is 45. The first kappa shape index (κ1) is 55.1. The lowest BCUT2D eigenvalue weighted by Gasteiger charge is -2.19. The van der Waals surface area contributed by atoms with Gasteiger partial charge in [0.25, 0.3) is 0 Å². The first-order valence-electron chi connectivity index (χ1n) is 25.0. The van der Waals surface area contributed by atoms with E-state index in [1.54, 1.807) is 6.08 Å². The van der Waals surface area contributed by atoms with Crippen molar-refractivity contribution in [3.05, 3.63) is 60.8 Å². The number of aliphatic hydroxyl groups excluding tert-OH is 2.